The van der Waals surface area contributed by atoms with Crippen LogP contribution in [0.25, 0.3) is 0 Å². The molecular weight excluding hydrogens is 338 g/mol. The van der Waals surface area contributed by atoms with Crippen LogP contribution in [0, 0.1) is 20.8 Å². The Balaban J connectivity index is 1.79. The van der Waals surface area contributed by atoms with E-state index in [9.17, 15) is 9.59 Å². The first kappa shape index (κ1) is 18.8. The molecule has 0 saturated heterocycles. The van der Waals surface area contributed by atoms with Crippen LogP contribution in [0.5, 0.6) is 0 Å². The largest absolute Gasteiger partial charge is 0.334 e. The number of anilines is 1. The second-order valence-corrected chi connectivity index (χ2v) is 6.42. The van der Waals surface area contributed by atoms with E-state index in [-0.39, 0.29) is 12.5 Å². The lowest BCUT2D eigenvalue weighted by Crippen LogP contribution is -2.39. The van der Waals surface area contributed by atoms with Crippen molar-refractivity contribution in [3.8, 4) is 0 Å². The molecule has 0 heterocycles. The van der Waals surface area contributed by atoms with Crippen LogP contribution in [-0.4, -0.2) is 18.5 Å². The van der Waals surface area contributed by atoms with Crippen LogP contribution in [0.1, 0.15) is 22.3 Å². The van der Waals surface area contributed by atoms with Gasteiger partial charge in [-0.05, 0) is 49.6 Å². The molecule has 5 nitrogen and oxygen atoms in total. The summed E-state index contributed by atoms with van der Waals surface area (Å²) in [6.07, 6.45) is 0. The molecule has 0 aromatic heterocycles. The number of aryl methyl sites for hydroxylation is 3. The van der Waals surface area contributed by atoms with Gasteiger partial charge in [-0.1, -0.05) is 41.4 Å². The average Bonchev–Trinajstić information content (AvgIpc) is 2.55. The standard InChI is InChI=1S/C19H22ClN3O2/c1-12-8-13(2)18(14(3)9-12)23-17(24)11-22-19(25)21-10-15-4-6-16(20)7-5-15/h4-9H,10-11H2,1-3H3,(H,23,24)(H2,21,22,25). The number of hydrogen-bond acceptors (Lipinski definition) is 2. The van der Waals surface area contributed by atoms with Crippen LogP contribution in [0.3, 0.4) is 0 Å². The lowest BCUT2D eigenvalue weighted by Gasteiger charge is -2.13. The Kier molecular flexibility index (Phi) is 6.42. The fourth-order valence-electron chi connectivity index (χ4n) is 2.57. The number of halogens is 1. The maximum absolute atomic E-state index is 12.0. The molecule has 0 fully saturated rings. The minimum Gasteiger partial charge on any atom is -0.334 e. The summed E-state index contributed by atoms with van der Waals surface area (Å²) in [7, 11) is 0. The zero-order valence-electron chi connectivity index (χ0n) is 14.6. The molecule has 0 aliphatic heterocycles. The Morgan fingerprint density at radius 1 is 0.960 bits per heavy atom. The molecule has 0 atom stereocenters. The first-order chi connectivity index (χ1) is 11.8. The fourth-order valence-corrected chi connectivity index (χ4v) is 2.69. The smallest absolute Gasteiger partial charge is 0.315 e. The van der Waals surface area contributed by atoms with Gasteiger partial charge in [0.1, 0.15) is 0 Å². The molecule has 132 valence electrons. The van der Waals surface area contributed by atoms with Gasteiger partial charge in [-0.25, -0.2) is 4.79 Å². The fraction of sp³-hybridized carbons (Fsp3) is 0.263. The van der Waals surface area contributed by atoms with Gasteiger partial charge in [0.15, 0.2) is 0 Å². The van der Waals surface area contributed by atoms with Gasteiger partial charge < -0.3 is 16.0 Å². The van der Waals surface area contributed by atoms with Crippen LogP contribution in [0.4, 0.5) is 10.5 Å². The van der Waals surface area contributed by atoms with Crippen LogP contribution in [-0.2, 0) is 11.3 Å². The van der Waals surface area contributed by atoms with E-state index < -0.39 is 6.03 Å². The second kappa shape index (κ2) is 8.53. The summed E-state index contributed by atoms with van der Waals surface area (Å²) in [5, 5.41) is 8.73. The van der Waals surface area contributed by atoms with Crippen molar-refractivity contribution in [2.24, 2.45) is 0 Å². The molecule has 25 heavy (non-hydrogen) atoms. The number of amides is 3. The zero-order valence-corrected chi connectivity index (χ0v) is 15.3. The third kappa shape index (κ3) is 5.80. The van der Waals surface area contributed by atoms with Crippen molar-refractivity contribution in [3.63, 3.8) is 0 Å². The highest BCUT2D eigenvalue weighted by Gasteiger charge is 2.09. The summed E-state index contributed by atoms with van der Waals surface area (Å²) in [6.45, 7) is 6.17. The van der Waals surface area contributed by atoms with Crippen molar-refractivity contribution >= 4 is 29.2 Å². The summed E-state index contributed by atoms with van der Waals surface area (Å²) >= 11 is 5.81. The Morgan fingerprint density at radius 2 is 1.56 bits per heavy atom. The molecule has 2 aromatic rings. The number of urea groups is 1. The van der Waals surface area contributed by atoms with Gasteiger partial charge >= 0.3 is 6.03 Å². The third-order valence-electron chi connectivity index (χ3n) is 3.72. The van der Waals surface area contributed by atoms with Crippen molar-refractivity contribution in [2.45, 2.75) is 27.3 Å². The monoisotopic (exact) mass is 359 g/mol. The van der Waals surface area contributed by atoms with E-state index >= 15 is 0 Å². The number of carbonyl (C=O) groups is 2. The lowest BCUT2D eigenvalue weighted by molar-refractivity contribution is -0.115. The maximum Gasteiger partial charge on any atom is 0.315 e. The van der Waals surface area contributed by atoms with Crippen molar-refractivity contribution in [3.05, 3.63) is 63.7 Å². The lowest BCUT2D eigenvalue weighted by atomic mass is 10.1. The summed E-state index contributed by atoms with van der Waals surface area (Å²) in [5.41, 5.74) is 4.86. The number of rotatable bonds is 5. The van der Waals surface area contributed by atoms with Gasteiger partial charge in [-0.2, -0.15) is 0 Å². The van der Waals surface area contributed by atoms with Gasteiger partial charge in [0.25, 0.3) is 0 Å². The molecule has 0 radical (unpaired) electrons. The molecule has 0 saturated carbocycles. The zero-order chi connectivity index (χ0) is 18.4. The first-order valence-corrected chi connectivity index (χ1v) is 8.37. The molecule has 3 amide bonds. The molecule has 6 heteroatoms. The number of carbonyl (C=O) groups excluding carboxylic acids is 2. The molecule has 0 unspecified atom stereocenters. The highest BCUT2D eigenvalue weighted by atomic mass is 35.5. The average molecular weight is 360 g/mol. The molecule has 0 aliphatic carbocycles. The SMILES string of the molecule is Cc1cc(C)c(NC(=O)CNC(=O)NCc2ccc(Cl)cc2)c(C)c1. The molecule has 2 aromatic carbocycles. The number of benzene rings is 2. The van der Waals surface area contributed by atoms with Crippen LogP contribution >= 0.6 is 11.6 Å². The van der Waals surface area contributed by atoms with Crippen LogP contribution in [0.2, 0.25) is 5.02 Å². The Bertz CT molecular complexity index is 750. The predicted molar refractivity (Wildman–Crippen MR) is 101 cm³/mol. The molecule has 0 bridgehead atoms. The van der Waals surface area contributed by atoms with Crippen molar-refractivity contribution < 1.29 is 9.59 Å². The minimum atomic E-state index is -0.401. The second-order valence-electron chi connectivity index (χ2n) is 5.98. The van der Waals surface area contributed by atoms with E-state index in [0.717, 1.165) is 27.9 Å². The van der Waals surface area contributed by atoms with E-state index in [2.05, 4.69) is 16.0 Å². The third-order valence-corrected chi connectivity index (χ3v) is 3.97. The minimum absolute atomic E-state index is 0.0980. The topological polar surface area (TPSA) is 70.2 Å². The van der Waals surface area contributed by atoms with Gasteiger partial charge in [-0.15, -0.1) is 0 Å². The van der Waals surface area contributed by atoms with Gasteiger partial charge in [0.05, 0.1) is 6.54 Å². The quantitative estimate of drug-likeness (QED) is 0.761. The van der Waals surface area contributed by atoms with Gasteiger partial charge in [0, 0.05) is 17.3 Å². The van der Waals surface area contributed by atoms with Gasteiger partial charge in [-0.3, -0.25) is 4.79 Å². The number of nitrogens with one attached hydrogen (secondary N) is 3. The molecule has 0 aliphatic rings. The first-order valence-electron chi connectivity index (χ1n) is 7.99. The highest BCUT2D eigenvalue weighted by molar-refractivity contribution is 6.30. The predicted octanol–water partition coefficient (Wildman–Crippen LogP) is 3.70. The van der Waals surface area contributed by atoms with E-state index in [0.29, 0.717) is 11.6 Å². The Hall–Kier alpha value is -2.53. The summed E-state index contributed by atoms with van der Waals surface area (Å²) < 4.78 is 0. The van der Waals surface area contributed by atoms with Crippen molar-refractivity contribution in [1.82, 2.24) is 10.6 Å². The van der Waals surface area contributed by atoms with Crippen LogP contribution < -0.4 is 16.0 Å². The van der Waals surface area contributed by atoms with Gasteiger partial charge in [0.2, 0.25) is 5.91 Å². The van der Waals surface area contributed by atoms with E-state index in [1.54, 1.807) is 12.1 Å². The highest BCUT2D eigenvalue weighted by Crippen LogP contribution is 2.21. The number of hydrogen-bond donors (Lipinski definition) is 3. The van der Waals surface area contributed by atoms with Crippen molar-refractivity contribution in [2.75, 3.05) is 11.9 Å². The van der Waals surface area contributed by atoms with E-state index in [1.807, 2.05) is 45.0 Å². The van der Waals surface area contributed by atoms with E-state index in [1.165, 1.54) is 0 Å². The Labute approximate surface area is 152 Å². The van der Waals surface area contributed by atoms with Crippen LogP contribution in [0.15, 0.2) is 36.4 Å². The summed E-state index contributed by atoms with van der Waals surface area (Å²) in [6, 6.07) is 10.8. The molecular formula is C19H22ClN3O2. The molecule has 0 spiro atoms. The molecule has 2 rings (SSSR count). The normalized spacial score (nSPS) is 10.2. The Morgan fingerprint density at radius 3 is 2.16 bits per heavy atom. The van der Waals surface area contributed by atoms with Crippen molar-refractivity contribution in [1.29, 1.82) is 0 Å². The summed E-state index contributed by atoms with van der Waals surface area (Å²) in [5.74, 6) is -0.267. The summed E-state index contributed by atoms with van der Waals surface area (Å²) in [4.78, 5) is 23.8. The van der Waals surface area contributed by atoms with E-state index in [4.69, 9.17) is 11.6 Å². The maximum atomic E-state index is 12.0. The molecule has 3 N–H and O–H groups in total.